The zero-order chi connectivity index (χ0) is 26.1. The van der Waals surface area contributed by atoms with E-state index in [2.05, 4.69) is 26.8 Å². The van der Waals surface area contributed by atoms with Crippen molar-refractivity contribution in [3.8, 4) is 0 Å². The van der Waals surface area contributed by atoms with E-state index in [1.54, 1.807) is 0 Å². The average molecular weight is 487 g/mol. The van der Waals surface area contributed by atoms with Crippen molar-refractivity contribution in [1.82, 2.24) is 0 Å². The average Bonchev–Trinajstić information content (AvgIpc) is 3.02. The molecular weight excluding hydrogens is 440 g/mol. The van der Waals surface area contributed by atoms with Gasteiger partial charge in [-0.05, 0) is 75.0 Å². The number of hydrogen-bond donors (Lipinski definition) is 3. The summed E-state index contributed by atoms with van der Waals surface area (Å²) in [6, 6.07) is 0. The van der Waals surface area contributed by atoms with E-state index in [1.165, 1.54) is 5.57 Å². The van der Waals surface area contributed by atoms with Gasteiger partial charge in [-0.3, -0.25) is 9.59 Å². The molecule has 0 radical (unpaired) electrons. The van der Waals surface area contributed by atoms with Gasteiger partial charge in [0, 0.05) is 29.2 Å². The summed E-state index contributed by atoms with van der Waals surface area (Å²) in [5.41, 5.74) is 1.55. The first kappa shape index (κ1) is 26.6. The molecule has 4 aliphatic carbocycles. The highest BCUT2D eigenvalue weighted by Crippen LogP contribution is 2.71. The maximum Gasteiger partial charge on any atom is 0.306 e. The SMILES string of the molecule is CC(C)=CCCC(C(=O)O)C1CCC2(C)C3=C(CCC12C)C1(C)C(O)CC(O)C(C)(C)C1CC3=O. The molecule has 0 aromatic heterocycles. The van der Waals surface area contributed by atoms with Gasteiger partial charge >= 0.3 is 5.97 Å². The molecule has 0 heterocycles. The lowest BCUT2D eigenvalue weighted by Crippen LogP contribution is -2.62. The van der Waals surface area contributed by atoms with Gasteiger partial charge in [0.05, 0.1) is 18.1 Å². The van der Waals surface area contributed by atoms with Crippen molar-refractivity contribution < 1.29 is 24.9 Å². The van der Waals surface area contributed by atoms with Crippen LogP contribution >= 0.6 is 0 Å². The molecule has 8 unspecified atom stereocenters. The van der Waals surface area contributed by atoms with Crippen LogP contribution in [0.5, 0.6) is 0 Å². The van der Waals surface area contributed by atoms with E-state index < -0.39 is 34.9 Å². The number of aliphatic carboxylic acids is 1. The quantitative estimate of drug-likeness (QED) is 0.434. The van der Waals surface area contributed by atoms with E-state index in [0.717, 1.165) is 43.3 Å². The van der Waals surface area contributed by atoms with Crippen LogP contribution in [0.15, 0.2) is 22.8 Å². The molecule has 0 amide bonds. The van der Waals surface area contributed by atoms with Gasteiger partial charge in [0.15, 0.2) is 5.78 Å². The van der Waals surface area contributed by atoms with Crippen LogP contribution in [0.2, 0.25) is 0 Å². The molecule has 35 heavy (non-hydrogen) atoms. The topological polar surface area (TPSA) is 94.8 Å². The Morgan fingerprint density at radius 1 is 1.09 bits per heavy atom. The minimum atomic E-state index is -0.720. The Morgan fingerprint density at radius 3 is 2.34 bits per heavy atom. The third-order valence-electron chi connectivity index (χ3n) is 11.6. The Hall–Kier alpha value is -1.46. The molecule has 8 atom stereocenters. The number of carboxylic acids is 1. The minimum Gasteiger partial charge on any atom is -0.481 e. The highest BCUT2D eigenvalue weighted by Gasteiger charge is 2.67. The second-order valence-electron chi connectivity index (χ2n) is 13.6. The van der Waals surface area contributed by atoms with E-state index in [-0.39, 0.29) is 28.4 Å². The van der Waals surface area contributed by atoms with E-state index in [4.69, 9.17) is 0 Å². The van der Waals surface area contributed by atoms with Crippen molar-refractivity contribution in [3.05, 3.63) is 22.8 Å². The molecule has 4 aliphatic rings. The summed E-state index contributed by atoms with van der Waals surface area (Å²) in [6.07, 6.45) is 6.05. The number of rotatable bonds is 5. The highest BCUT2D eigenvalue weighted by atomic mass is 16.4. The number of carboxylic acid groups (broad SMARTS) is 1. The fourth-order valence-corrected chi connectivity index (χ4v) is 9.05. The molecule has 0 aromatic carbocycles. The summed E-state index contributed by atoms with van der Waals surface area (Å²) >= 11 is 0. The molecule has 0 aromatic rings. The number of ketones is 1. The molecule has 0 aliphatic heterocycles. The van der Waals surface area contributed by atoms with Crippen LogP contribution in [0.3, 0.4) is 0 Å². The molecule has 5 heteroatoms. The van der Waals surface area contributed by atoms with Gasteiger partial charge in [-0.1, -0.05) is 51.8 Å². The number of allylic oxidation sites excluding steroid dienone is 3. The van der Waals surface area contributed by atoms with E-state index in [0.29, 0.717) is 19.3 Å². The minimum absolute atomic E-state index is 0.0254. The maximum atomic E-state index is 13.9. The molecule has 2 fully saturated rings. The van der Waals surface area contributed by atoms with Gasteiger partial charge < -0.3 is 15.3 Å². The Bertz CT molecular complexity index is 971. The number of aliphatic hydroxyl groups excluding tert-OH is 2. The smallest absolute Gasteiger partial charge is 0.306 e. The number of fused-ring (bicyclic) bond motifs is 4. The van der Waals surface area contributed by atoms with Crippen molar-refractivity contribution in [3.63, 3.8) is 0 Å². The summed E-state index contributed by atoms with van der Waals surface area (Å²) in [7, 11) is 0. The first-order valence-electron chi connectivity index (χ1n) is 13.6. The Morgan fingerprint density at radius 2 is 1.74 bits per heavy atom. The molecule has 196 valence electrons. The van der Waals surface area contributed by atoms with Crippen LogP contribution in [0.4, 0.5) is 0 Å². The molecule has 4 rings (SSSR count). The lowest BCUT2D eigenvalue weighted by atomic mass is 9.42. The maximum absolute atomic E-state index is 13.9. The van der Waals surface area contributed by atoms with Crippen LogP contribution in [0.1, 0.15) is 99.8 Å². The van der Waals surface area contributed by atoms with Crippen molar-refractivity contribution in [2.75, 3.05) is 0 Å². The van der Waals surface area contributed by atoms with Crippen LogP contribution in [-0.4, -0.2) is 39.3 Å². The first-order chi connectivity index (χ1) is 16.1. The highest BCUT2D eigenvalue weighted by molar-refractivity contribution is 5.99. The van der Waals surface area contributed by atoms with E-state index >= 15 is 0 Å². The second-order valence-corrected chi connectivity index (χ2v) is 13.6. The molecular formula is C30H46O5. The third kappa shape index (κ3) is 3.62. The van der Waals surface area contributed by atoms with E-state index in [9.17, 15) is 24.9 Å². The van der Waals surface area contributed by atoms with Gasteiger partial charge in [0.1, 0.15) is 0 Å². The summed E-state index contributed by atoms with van der Waals surface area (Å²) in [4.78, 5) is 26.4. The van der Waals surface area contributed by atoms with Gasteiger partial charge in [-0.2, -0.15) is 0 Å². The largest absolute Gasteiger partial charge is 0.481 e. The number of Topliss-reactive ketones (excluding diaryl/α,β-unsaturated/α-hetero) is 1. The normalized spacial score (nSPS) is 43.2. The molecule has 0 spiro atoms. The number of carbonyl (C=O) groups is 2. The fraction of sp³-hybridized carbons (Fsp3) is 0.800. The molecule has 2 saturated carbocycles. The molecule has 0 saturated heterocycles. The number of aliphatic hydroxyl groups is 2. The summed E-state index contributed by atoms with van der Waals surface area (Å²) in [5.74, 6) is -1.07. The molecule has 0 bridgehead atoms. The molecule has 5 nitrogen and oxygen atoms in total. The standard InChI is InChI=1S/C30H46O5/c1-17(2)9-8-10-18(26(34)35)19-11-14-29(6)25-20(12-13-28(19,29)5)30(7)22(15-21(25)31)27(3,4)23(32)16-24(30)33/h9,18-19,22-24,32-33H,8,10-16H2,1-7H3,(H,34,35). The zero-order valence-electron chi connectivity index (χ0n) is 22.8. The Kier molecular flexibility index (Phi) is 6.50. The lowest BCUT2D eigenvalue weighted by Gasteiger charge is -2.62. The van der Waals surface area contributed by atoms with Crippen LogP contribution < -0.4 is 0 Å². The van der Waals surface area contributed by atoms with Crippen LogP contribution in [0.25, 0.3) is 0 Å². The van der Waals surface area contributed by atoms with Gasteiger partial charge in [-0.15, -0.1) is 0 Å². The lowest BCUT2D eigenvalue weighted by molar-refractivity contribution is -0.161. The fourth-order valence-electron chi connectivity index (χ4n) is 9.05. The van der Waals surface area contributed by atoms with Gasteiger partial charge in [0.2, 0.25) is 0 Å². The van der Waals surface area contributed by atoms with Crippen molar-refractivity contribution in [2.24, 2.45) is 39.4 Å². The number of carbonyl (C=O) groups excluding carboxylic acids is 1. The van der Waals surface area contributed by atoms with E-state index in [1.807, 2.05) is 27.7 Å². The summed E-state index contributed by atoms with van der Waals surface area (Å²) < 4.78 is 0. The van der Waals surface area contributed by atoms with Gasteiger partial charge in [0.25, 0.3) is 0 Å². The summed E-state index contributed by atoms with van der Waals surface area (Å²) in [6.45, 7) is 14.7. The number of hydrogen-bond acceptors (Lipinski definition) is 4. The Balaban J connectivity index is 1.77. The van der Waals surface area contributed by atoms with Crippen LogP contribution in [0, 0.1) is 39.4 Å². The Labute approximate surface area is 211 Å². The van der Waals surface area contributed by atoms with Crippen molar-refractivity contribution in [1.29, 1.82) is 0 Å². The van der Waals surface area contributed by atoms with Crippen molar-refractivity contribution >= 4 is 11.8 Å². The first-order valence-corrected chi connectivity index (χ1v) is 13.6. The third-order valence-corrected chi connectivity index (χ3v) is 11.6. The second kappa shape index (κ2) is 8.55. The van der Waals surface area contributed by atoms with Crippen molar-refractivity contribution in [2.45, 2.75) is 112 Å². The predicted octanol–water partition coefficient (Wildman–Crippen LogP) is 5.69. The monoisotopic (exact) mass is 486 g/mol. The zero-order valence-corrected chi connectivity index (χ0v) is 22.8. The molecule has 3 N–H and O–H groups in total. The predicted molar refractivity (Wildman–Crippen MR) is 137 cm³/mol. The summed E-state index contributed by atoms with van der Waals surface area (Å²) in [5, 5.41) is 32.4. The van der Waals surface area contributed by atoms with Crippen LogP contribution in [-0.2, 0) is 9.59 Å². The van der Waals surface area contributed by atoms with Gasteiger partial charge in [-0.25, -0.2) is 0 Å².